The lowest BCUT2D eigenvalue weighted by Crippen LogP contribution is -2.41. The van der Waals surface area contributed by atoms with Gasteiger partial charge in [0.1, 0.15) is 0 Å². The van der Waals surface area contributed by atoms with Crippen LogP contribution in [-0.4, -0.2) is 42.2 Å². The van der Waals surface area contributed by atoms with E-state index in [1.165, 1.54) is 0 Å². The van der Waals surface area contributed by atoms with Crippen molar-refractivity contribution in [3.63, 3.8) is 0 Å². The third-order valence-corrected chi connectivity index (χ3v) is 5.11. The lowest BCUT2D eigenvalue weighted by Gasteiger charge is -2.32. The Labute approximate surface area is 144 Å². The molecule has 0 atom stereocenters. The van der Waals surface area contributed by atoms with Crippen LogP contribution in [0.4, 0.5) is 0 Å². The highest BCUT2D eigenvalue weighted by Crippen LogP contribution is 2.36. The predicted octanol–water partition coefficient (Wildman–Crippen LogP) is 3.12. The van der Waals surface area contributed by atoms with Gasteiger partial charge < -0.3 is 14.2 Å². The SMILES string of the molecule is CCN(CC)C(=O)c1ccc(B2OC(C)(C)C(C)(C)O2)cc1Cl. The Morgan fingerprint density at radius 2 is 1.65 bits per heavy atom. The van der Waals surface area contributed by atoms with Crippen molar-refractivity contribution in [2.45, 2.75) is 52.7 Å². The number of hydrogen-bond donors (Lipinski definition) is 0. The topological polar surface area (TPSA) is 38.8 Å². The molecule has 1 aromatic carbocycles. The fourth-order valence-corrected chi connectivity index (χ4v) is 2.78. The second-order valence-corrected chi connectivity index (χ2v) is 7.21. The number of hydrogen-bond acceptors (Lipinski definition) is 3. The molecule has 4 nitrogen and oxygen atoms in total. The zero-order chi connectivity index (χ0) is 17.4. The first-order chi connectivity index (χ1) is 10.6. The van der Waals surface area contributed by atoms with E-state index in [0.29, 0.717) is 23.7 Å². The van der Waals surface area contributed by atoms with E-state index in [1.54, 1.807) is 17.0 Å². The molecule has 0 radical (unpaired) electrons. The number of halogens is 1. The van der Waals surface area contributed by atoms with Gasteiger partial charge in [0.2, 0.25) is 0 Å². The first kappa shape index (κ1) is 18.3. The molecule has 1 fully saturated rings. The maximum atomic E-state index is 12.4. The number of carbonyl (C=O) groups is 1. The summed E-state index contributed by atoms with van der Waals surface area (Å²) < 4.78 is 12.0. The molecule has 126 valence electrons. The summed E-state index contributed by atoms with van der Waals surface area (Å²) in [5, 5.41) is 0.425. The molecule has 6 heteroatoms. The second-order valence-electron chi connectivity index (χ2n) is 6.80. The van der Waals surface area contributed by atoms with Crippen LogP contribution in [0.15, 0.2) is 18.2 Å². The molecule has 23 heavy (non-hydrogen) atoms. The summed E-state index contributed by atoms with van der Waals surface area (Å²) in [6.07, 6.45) is 0. The largest absolute Gasteiger partial charge is 0.494 e. The Bertz CT molecular complexity index is 584. The number of rotatable bonds is 4. The second kappa shape index (κ2) is 6.46. The third kappa shape index (κ3) is 3.42. The number of carbonyl (C=O) groups excluding carboxylic acids is 1. The van der Waals surface area contributed by atoms with Gasteiger partial charge in [-0.3, -0.25) is 4.79 Å². The summed E-state index contributed by atoms with van der Waals surface area (Å²) in [5.74, 6) is -0.0551. The van der Waals surface area contributed by atoms with Crippen molar-refractivity contribution >= 4 is 30.1 Å². The highest BCUT2D eigenvalue weighted by molar-refractivity contribution is 6.62. The molecule has 1 heterocycles. The number of nitrogens with zero attached hydrogens (tertiary/aromatic N) is 1. The molecule has 0 unspecified atom stereocenters. The Kier molecular flexibility index (Phi) is 5.14. The fraction of sp³-hybridized carbons (Fsp3) is 0.588. The molecule has 0 N–H and O–H groups in total. The van der Waals surface area contributed by atoms with E-state index in [2.05, 4.69) is 0 Å². The standard InChI is InChI=1S/C17H25BClNO3/c1-7-20(8-2)15(21)13-10-9-12(11-14(13)19)18-22-16(3,4)17(5,6)23-18/h9-11H,7-8H2,1-6H3. The van der Waals surface area contributed by atoms with E-state index < -0.39 is 18.3 Å². The summed E-state index contributed by atoms with van der Waals surface area (Å²) >= 11 is 6.34. The van der Waals surface area contributed by atoms with Crippen molar-refractivity contribution in [3.8, 4) is 0 Å². The van der Waals surface area contributed by atoms with E-state index in [0.717, 1.165) is 5.46 Å². The molecule has 1 aliphatic heterocycles. The highest BCUT2D eigenvalue weighted by Gasteiger charge is 2.51. The van der Waals surface area contributed by atoms with Gasteiger partial charge in [-0.25, -0.2) is 0 Å². The Hall–Kier alpha value is -1.04. The van der Waals surface area contributed by atoms with Gasteiger partial charge in [-0.2, -0.15) is 0 Å². The molecule has 1 amide bonds. The molecule has 0 bridgehead atoms. The monoisotopic (exact) mass is 337 g/mol. The van der Waals surface area contributed by atoms with Crippen molar-refractivity contribution in [1.82, 2.24) is 4.90 Å². The summed E-state index contributed by atoms with van der Waals surface area (Å²) in [5.41, 5.74) is 0.528. The number of benzene rings is 1. The minimum atomic E-state index is -0.477. The predicted molar refractivity (Wildman–Crippen MR) is 94.4 cm³/mol. The van der Waals surface area contributed by atoms with Gasteiger partial charge in [-0.1, -0.05) is 17.7 Å². The van der Waals surface area contributed by atoms with Gasteiger partial charge >= 0.3 is 7.12 Å². The van der Waals surface area contributed by atoms with E-state index in [-0.39, 0.29) is 5.91 Å². The normalized spacial score (nSPS) is 19.0. The van der Waals surface area contributed by atoms with Gasteiger partial charge in [0.25, 0.3) is 5.91 Å². The lowest BCUT2D eigenvalue weighted by atomic mass is 9.79. The van der Waals surface area contributed by atoms with Crippen LogP contribution in [0.5, 0.6) is 0 Å². The van der Waals surface area contributed by atoms with Crippen LogP contribution in [0.25, 0.3) is 0 Å². The van der Waals surface area contributed by atoms with Crippen molar-refractivity contribution in [2.75, 3.05) is 13.1 Å². The van der Waals surface area contributed by atoms with Gasteiger partial charge in [0.05, 0.1) is 21.8 Å². The Morgan fingerprint density at radius 3 is 2.09 bits per heavy atom. The maximum Gasteiger partial charge on any atom is 0.494 e. The maximum absolute atomic E-state index is 12.4. The quantitative estimate of drug-likeness (QED) is 0.792. The smallest absolute Gasteiger partial charge is 0.399 e. The van der Waals surface area contributed by atoms with Crippen LogP contribution < -0.4 is 5.46 Å². The molecule has 0 aromatic heterocycles. The fourth-order valence-electron chi connectivity index (χ4n) is 2.51. The minimum absolute atomic E-state index is 0.0551. The van der Waals surface area contributed by atoms with Crippen molar-refractivity contribution in [3.05, 3.63) is 28.8 Å². The van der Waals surface area contributed by atoms with Crippen molar-refractivity contribution < 1.29 is 14.1 Å². The minimum Gasteiger partial charge on any atom is -0.399 e. The van der Waals surface area contributed by atoms with Crippen LogP contribution in [0.2, 0.25) is 5.02 Å². The Balaban J connectivity index is 2.26. The summed E-state index contributed by atoms with van der Waals surface area (Å²) in [6.45, 7) is 13.2. The van der Waals surface area contributed by atoms with Crippen LogP contribution >= 0.6 is 11.6 Å². The molecule has 0 aliphatic carbocycles. The van der Waals surface area contributed by atoms with Gasteiger partial charge in [-0.15, -0.1) is 0 Å². The third-order valence-electron chi connectivity index (χ3n) is 4.80. The summed E-state index contributed by atoms with van der Waals surface area (Å²) in [4.78, 5) is 14.2. The molecule has 0 saturated carbocycles. The molecular formula is C17H25BClNO3. The average molecular weight is 338 g/mol. The van der Waals surface area contributed by atoms with Crippen molar-refractivity contribution in [1.29, 1.82) is 0 Å². The number of amides is 1. The highest BCUT2D eigenvalue weighted by atomic mass is 35.5. The van der Waals surface area contributed by atoms with E-state index in [4.69, 9.17) is 20.9 Å². The van der Waals surface area contributed by atoms with Crippen LogP contribution in [0.3, 0.4) is 0 Å². The summed E-state index contributed by atoms with van der Waals surface area (Å²) in [6, 6.07) is 5.37. The van der Waals surface area contributed by atoms with E-state index in [9.17, 15) is 4.79 Å². The first-order valence-electron chi connectivity index (χ1n) is 8.07. The zero-order valence-electron chi connectivity index (χ0n) is 14.8. The molecule has 2 rings (SSSR count). The molecule has 0 spiro atoms. The zero-order valence-corrected chi connectivity index (χ0v) is 15.5. The molecule has 1 saturated heterocycles. The average Bonchev–Trinajstić information content (AvgIpc) is 2.68. The Morgan fingerprint density at radius 1 is 1.13 bits per heavy atom. The van der Waals surface area contributed by atoms with Gasteiger partial charge in [0.15, 0.2) is 0 Å². The van der Waals surface area contributed by atoms with Gasteiger partial charge in [0, 0.05) is 13.1 Å². The van der Waals surface area contributed by atoms with Crippen LogP contribution in [0.1, 0.15) is 51.9 Å². The molecule has 1 aliphatic rings. The molecular weight excluding hydrogens is 312 g/mol. The van der Waals surface area contributed by atoms with Crippen molar-refractivity contribution in [2.24, 2.45) is 0 Å². The van der Waals surface area contributed by atoms with Gasteiger partial charge in [-0.05, 0) is 59.1 Å². The van der Waals surface area contributed by atoms with E-state index in [1.807, 2.05) is 47.6 Å². The molecule has 1 aromatic rings. The van der Waals surface area contributed by atoms with Crippen LogP contribution in [0, 0.1) is 0 Å². The van der Waals surface area contributed by atoms with E-state index >= 15 is 0 Å². The summed E-state index contributed by atoms with van der Waals surface area (Å²) in [7, 11) is -0.477. The van der Waals surface area contributed by atoms with Crippen LogP contribution in [-0.2, 0) is 9.31 Å². The first-order valence-corrected chi connectivity index (χ1v) is 8.45. The lowest BCUT2D eigenvalue weighted by molar-refractivity contribution is 0.00578.